The normalized spacial score (nSPS) is 11.2. The maximum absolute atomic E-state index is 12.0. The lowest BCUT2D eigenvalue weighted by molar-refractivity contribution is -0.120. The van der Waals surface area contributed by atoms with Crippen LogP contribution in [0.1, 0.15) is 64.5 Å². The molecule has 1 aromatic carbocycles. The molecule has 1 atom stereocenters. The lowest BCUT2D eigenvalue weighted by Gasteiger charge is -2.17. The second-order valence-electron chi connectivity index (χ2n) is 4.74. The van der Waals surface area contributed by atoms with Crippen LogP contribution < -0.4 is 0 Å². The number of rotatable bonds is 5. The number of Topliss-reactive ketones (excluding diaryl/α,β-unsaturated/α-hetero) is 1. The monoisotopic (exact) mass is 259 g/mol. The molecule has 2 heteroatoms. The smallest absolute Gasteiger partial charge is 0.140 e. The van der Waals surface area contributed by atoms with E-state index < -0.39 is 0 Å². The van der Waals surface area contributed by atoms with E-state index in [0.717, 1.165) is 12.0 Å². The maximum Gasteiger partial charge on any atom is 0.140 e. The van der Waals surface area contributed by atoms with Crippen LogP contribution >= 0.6 is 0 Å². The number of hydrogen-bond donors (Lipinski definition) is 0. The molecular formula is C17H25NO. The van der Waals surface area contributed by atoms with E-state index in [1.807, 2.05) is 39.0 Å². The Hall–Kier alpha value is -1.62. The van der Waals surface area contributed by atoms with Gasteiger partial charge in [-0.25, -0.2) is 0 Å². The summed E-state index contributed by atoms with van der Waals surface area (Å²) >= 11 is 0. The topological polar surface area (TPSA) is 40.9 Å². The first kappa shape index (κ1) is 17.4. The van der Waals surface area contributed by atoms with Crippen LogP contribution in [0.4, 0.5) is 0 Å². The van der Waals surface area contributed by atoms with Gasteiger partial charge in [0.2, 0.25) is 0 Å². The van der Waals surface area contributed by atoms with Crippen LogP contribution in [0.25, 0.3) is 0 Å². The van der Waals surface area contributed by atoms with Crippen LogP contribution in [-0.2, 0) is 4.79 Å². The Labute approximate surface area is 117 Å². The van der Waals surface area contributed by atoms with Crippen molar-refractivity contribution in [3.63, 3.8) is 0 Å². The summed E-state index contributed by atoms with van der Waals surface area (Å²) in [5, 5.41) is 8.89. The quantitative estimate of drug-likeness (QED) is 0.769. The summed E-state index contributed by atoms with van der Waals surface area (Å²) in [4.78, 5) is 12.0. The highest BCUT2D eigenvalue weighted by atomic mass is 16.1. The Morgan fingerprint density at radius 1 is 1.32 bits per heavy atom. The van der Waals surface area contributed by atoms with E-state index in [1.165, 1.54) is 0 Å². The third-order valence-electron chi connectivity index (χ3n) is 2.86. The predicted molar refractivity (Wildman–Crippen MR) is 80.0 cm³/mol. The van der Waals surface area contributed by atoms with Crippen LogP contribution in [-0.4, -0.2) is 5.78 Å². The zero-order valence-corrected chi connectivity index (χ0v) is 12.7. The second-order valence-corrected chi connectivity index (χ2v) is 4.74. The summed E-state index contributed by atoms with van der Waals surface area (Å²) in [6, 6.07) is 9.52. The maximum atomic E-state index is 12.0. The van der Waals surface area contributed by atoms with Crippen molar-refractivity contribution < 1.29 is 4.79 Å². The van der Waals surface area contributed by atoms with Gasteiger partial charge >= 0.3 is 0 Å². The van der Waals surface area contributed by atoms with E-state index in [-0.39, 0.29) is 11.7 Å². The highest BCUT2D eigenvalue weighted by Crippen LogP contribution is 2.26. The van der Waals surface area contributed by atoms with Crippen molar-refractivity contribution in [3.8, 4) is 6.07 Å². The summed E-state index contributed by atoms with van der Waals surface area (Å²) in [5.41, 5.74) is 1.60. The van der Waals surface area contributed by atoms with Gasteiger partial charge < -0.3 is 0 Å². The molecule has 0 bridgehead atoms. The fourth-order valence-corrected chi connectivity index (χ4v) is 2.00. The number of ketones is 1. The summed E-state index contributed by atoms with van der Waals surface area (Å²) in [7, 11) is 0. The zero-order valence-electron chi connectivity index (χ0n) is 12.7. The molecule has 0 radical (unpaired) electrons. The Morgan fingerprint density at radius 3 is 2.42 bits per heavy atom. The third-order valence-corrected chi connectivity index (χ3v) is 2.86. The molecule has 0 aliphatic carbocycles. The number of hydrogen-bond acceptors (Lipinski definition) is 2. The summed E-state index contributed by atoms with van der Waals surface area (Å²) in [6.45, 7) is 10.1. The van der Waals surface area contributed by atoms with E-state index in [9.17, 15) is 4.79 Å². The van der Waals surface area contributed by atoms with Gasteiger partial charge in [0.1, 0.15) is 5.78 Å². The van der Waals surface area contributed by atoms with Crippen molar-refractivity contribution in [1.29, 1.82) is 5.26 Å². The molecule has 0 saturated carbocycles. The standard InChI is InChI=1S/C15H19NO.C2H6/c1-4-15(17)14(8-11(2)3)13-7-5-6-12(9-13)10-16;1-2/h5-7,9,11,14H,4,8H2,1-3H3;1-2H3. The number of nitrogens with zero attached hydrogens (tertiary/aromatic N) is 1. The third kappa shape index (κ3) is 5.70. The molecule has 1 aromatic rings. The number of carbonyl (C=O) groups is 1. The van der Waals surface area contributed by atoms with Crippen molar-refractivity contribution >= 4 is 5.78 Å². The van der Waals surface area contributed by atoms with E-state index >= 15 is 0 Å². The van der Waals surface area contributed by atoms with Crippen molar-refractivity contribution in [2.45, 2.75) is 53.4 Å². The Balaban J connectivity index is 0.00000154. The average molecular weight is 259 g/mol. The van der Waals surface area contributed by atoms with Crippen molar-refractivity contribution in [3.05, 3.63) is 35.4 Å². The first-order valence-electron chi connectivity index (χ1n) is 7.11. The number of nitriles is 1. The molecule has 0 amide bonds. The molecule has 19 heavy (non-hydrogen) atoms. The van der Waals surface area contributed by atoms with Gasteiger partial charge in [-0.15, -0.1) is 0 Å². The molecule has 0 aromatic heterocycles. The molecule has 0 N–H and O–H groups in total. The van der Waals surface area contributed by atoms with Gasteiger partial charge in [0.05, 0.1) is 11.6 Å². The highest BCUT2D eigenvalue weighted by Gasteiger charge is 2.20. The Bertz CT molecular complexity index is 429. The molecule has 1 unspecified atom stereocenters. The first-order chi connectivity index (χ1) is 9.08. The number of benzene rings is 1. The van der Waals surface area contributed by atoms with Crippen molar-refractivity contribution in [2.75, 3.05) is 0 Å². The van der Waals surface area contributed by atoms with E-state index in [0.29, 0.717) is 17.9 Å². The Kier molecular flexibility index (Phi) is 8.53. The minimum Gasteiger partial charge on any atom is -0.299 e. The molecule has 0 saturated heterocycles. The summed E-state index contributed by atoms with van der Waals surface area (Å²) in [5.74, 6) is 0.670. The fraction of sp³-hybridized carbons (Fsp3) is 0.529. The largest absolute Gasteiger partial charge is 0.299 e. The molecular weight excluding hydrogens is 234 g/mol. The van der Waals surface area contributed by atoms with Gasteiger partial charge in [0.25, 0.3) is 0 Å². The van der Waals surface area contributed by atoms with Crippen LogP contribution in [0.2, 0.25) is 0 Å². The van der Waals surface area contributed by atoms with Gasteiger partial charge in [-0.1, -0.05) is 46.8 Å². The Morgan fingerprint density at radius 2 is 1.95 bits per heavy atom. The minimum atomic E-state index is -0.0618. The van der Waals surface area contributed by atoms with E-state index in [2.05, 4.69) is 19.9 Å². The highest BCUT2D eigenvalue weighted by molar-refractivity contribution is 5.85. The molecule has 104 valence electrons. The zero-order chi connectivity index (χ0) is 14.8. The van der Waals surface area contributed by atoms with Crippen LogP contribution in [0, 0.1) is 17.2 Å². The molecule has 0 aliphatic heterocycles. The minimum absolute atomic E-state index is 0.0618. The molecule has 1 rings (SSSR count). The van der Waals surface area contributed by atoms with Crippen molar-refractivity contribution in [1.82, 2.24) is 0 Å². The van der Waals surface area contributed by atoms with E-state index in [4.69, 9.17) is 5.26 Å². The van der Waals surface area contributed by atoms with Gasteiger partial charge in [-0.3, -0.25) is 4.79 Å². The first-order valence-corrected chi connectivity index (χ1v) is 7.11. The second kappa shape index (κ2) is 9.33. The van der Waals surface area contributed by atoms with Crippen LogP contribution in [0.3, 0.4) is 0 Å². The average Bonchev–Trinajstić information content (AvgIpc) is 2.46. The van der Waals surface area contributed by atoms with Crippen LogP contribution in [0.5, 0.6) is 0 Å². The van der Waals surface area contributed by atoms with Crippen LogP contribution in [0.15, 0.2) is 24.3 Å². The summed E-state index contributed by atoms with van der Waals surface area (Å²) in [6.07, 6.45) is 1.40. The van der Waals surface area contributed by atoms with Gasteiger partial charge in [0, 0.05) is 12.3 Å². The molecule has 0 fully saturated rings. The SMILES string of the molecule is CC.CCC(=O)C(CC(C)C)c1cccc(C#N)c1. The molecule has 0 heterocycles. The molecule has 0 aliphatic rings. The molecule has 2 nitrogen and oxygen atoms in total. The summed E-state index contributed by atoms with van der Waals surface area (Å²) < 4.78 is 0. The van der Waals surface area contributed by atoms with Gasteiger partial charge in [-0.2, -0.15) is 5.26 Å². The predicted octanol–water partition coefficient (Wildman–Crippen LogP) is 4.69. The lowest BCUT2D eigenvalue weighted by atomic mass is 9.85. The van der Waals surface area contributed by atoms with Gasteiger partial charge in [0.15, 0.2) is 0 Å². The van der Waals surface area contributed by atoms with E-state index in [1.54, 1.807) is 6.07 Å². The fourth-order valence-electron chi connectivity index (χ4n) is 2.00. The lowest BCUT2D eigenvalue weighted by Crippen LogP contribution is -2.14. The van der Waals surface area contributed by atoms with Crippen molar-refractivity contribution in [2.24, 2.45) is 5.92 Å². The van der Waals surface area contributed by atoms with Gasteiger partial charge in [-0.05, 0) is 30.0 Å². The number of carbonyl (C=O) groups excluding carboxylic acids is 1. The molecule has 0 spiro atoms.